The number of ether oxygens (including phenoxy) is 1. The van der Waals surface area contributed by atoms with Gasteiger partial charge in [0.05, 0.1) is 23.4 Å². The number of aryl methyl sites for hydroxylation is 1. The predicted octanol–water partition coefficient (Wildman–Crippen LogP) is 7.12. The quantitative estimate of drug-likeness (QED) is 0.284. The fourth-order valence-corrected chi connectivity index (χ4v) is 4.40. The highest BCUT2D eigenvalue weighted by molar-refractivity contribution is 7.10. The van der Waals surface area contributed by atoms with Gasteiger partial charge in [0.1, 0.15) is 0 Å². The first kappa shape index (κ1) is 24.2. The van der Waals surface area contributed by atoms with E-state index in [9.17, 15) is 13.2 Å². The van der Waals surface area contributed by atoms with Gasteiger partial charge in [-0.1, -0.05) is 51.2 Å². The lowest BCUT2D eigenvalue weighted by atomic mass is 9.97. The van der Waals surface area contributed by atoms with E-state index in [2.05, 4.69) is 21.9 Å². The molecule has 2 heterocycles. The lowest BCUT2D eigenvalue weighted by Crippen LogP contribution is -2.10. The Bertz CT molecular complexity index is 987. The third-order valence-corrected chi connectivity index (χ3v) is 6.14. The van der Waals surface area contributed by atoms with E-state index in [4.69, 9.17) is 4.74 Å². The fourth-order valence-electron chi connectivity index (χ4n) is 3.56. The molecule has 0 aliphatic heterocycles. The first-order chi connectivity index (χ1) is 15.4. The van der Waals surface area contributed by atoms with Gasteiger partial charge in [-0.05, 0) is 30.0 Å². The van der Waals surface area contributed by atoms with E-state index in [1.807, 2.05) is 5.38 Å². The summed E-state index contributed by atoms with van der Waals surface area (Å²) >= 11 is 1.41. The van der Waals surface area contributed by atoms with E-state index in [1.54, 1.807) is 24.5 Å². The second kappa shape index (κ2) is 11.4. The zero-order valence-corrected chi connectivity index (χ0v) is 19.2. The van der Waals surface area contributed by atoms with Gasteiger partial charge in [-0.3, -0.25) is 0 Å². The summed E-state index contributed by atoms with van der Waals surface area (Å²) in [5, 5.41) is 2.60. The zero-order chi connectivity index (χ0) is 23.0. The topological polar surface area (TPSA) is 47.9 Å². The van der Waals surface area contributed by atoms with Crippen molar-refractivity contribution in [1.82, 2.24) is 15.0 Å². The van der Waals surface area contributed by atoms with Crippen LogP contribution in [-0.4, -0.2) is 22.1 Å². The molecule has 4 nitrogen and oxygen atoms in total. The fraction of sp³-hybridized carbons (Fsp3) is 0.458. The molecule has 3 aromatic rings. The van der Waals surface area contributed by atoms with Crippen LogP contribution in [0.3, 0.4) is 0 Å². The van der Waals surface area contributed by atoms with Crippen LogP contribution in [0.1, 0.15) is 67.1 Å². The van der Waals surface area contributed by atoms with Crippen LogP contribution >= 0.6 is 11.3 Å². The highest BCUT2D eigenvalue weighted by atomic mass is 32.1. The lowest BCUT2D eigenvalue weighted by molar-refractivity contribution is -0.138. The molecule has 0 spiro atoms. The third kappa shape index (κ3) is 6.76. The minimum absolute atomic E-state index is 0.268. The van der Waals surface area contributed by atoms with Gasteiger partial charge in [0, 0.05) is 29.8 Å². The summed E-state index contributed by atoms with van der Waals surface area (Å²) in [6, 6.07) is 4.98. The molecule has 3 rings (SSSR count). The summed E-state index contributed by atoms with van der Waals surface area (Å²) in [5.74, 6) is 0. The Morgan fingerprint density at radius 1 is 1.00 bits per heavy atom. The number of benzene rings is 1. The van der Waals surface area contributed by atoms with Gasteiger partial charge in [0.15, 0.2) is 0 Å². The maximum Gasteiger partial charge on any atom is 0.416 e. The number of halogens is 3. The van der Waals surface area contributed by atoms with E-state index in [-0.39, 0.29) is 6.01 Å². The molecule has 8 heteroatoms. The minimum Gasteiger partial charge on any atom is -0.467 e. The summed E-state index contributed by atoms with van der Waals surface area (Å²) in [4.78, 5) is 12.7. The smallest absolute Gasteiger partial charge is 0.416 e. The van der Waals surface area contributed by atoms with Crippen molar-refractivity contribution in [3.63, 3.8) is 0 Å². The first-order valence-corrected chi connectivity index (χ1v) is 11.8. The van der Waals surface area contributed by atoms with Crippen molar-refractivity contribution in [2.24, 2.45) is 0 Å². The van der Waals surface area contributed by atoms with Crippen LogP contribution in [0.4, 0.5) is 13.2 Å². The highest BCUT2D eigenvalue weighted by Crippen LogP contribution is 2.34. The highest BCUT2D eigenvalue weighted by Gasteiger charge is 2.33. The van der Waals surface area contributed by atoms with Gasteiger partial charge in [-0.25, -0.2) is 15.0 Å². The lowest BCUT2D eigenvalue weighted by Gasteiger charge is -2.14. The largest absolute Gasteiger partial charge is 0.467 e. The Hall–Kier alpha value is -2.48. The summed E-state index contributed by atoms with van der Waals surface area (Å²) in [7, 11) is 1.49. The number of aromatic nitrogens is 3. The number of alkyl halides is 3. The molecule has 0 aliphatic carbocycles. The Morgan fingerprint density at radius 3 is 2.41 bits per heavy atom. The molecule has 0 radical (unpaired) electrons. The molecule has 0 amide bonds. The Labute approximate surface area is 190 Å². The van der Waals surface area contributed by atoms with E-state index in [0.717, 1.165) is 42.7 Å². The molecule has 2 aromatic heterocycles. The average Bonchev–Trinajstić information content (AvgIpc) is 3.24. The van der Waals surface area contributed by atoms with Gasteiger partial charge in [-0.15, -0.1) is 11.3 Å². The second-order valence-corrected chi connectivity index (χ2v) is 8.71. The summed E-state index contributed by atoms with van der Waals surface area (Å²) in [6.07, 6.45) is 6.01. The molecule has 0 saturated heterocycles. The third-order valence-electron chi connectivity index (χ3n) is 5.29. The van der Waals surface area contributed by atoms with Crippen molar-refractivity contribution >= 4 is 11.3 Å². The molecule has 0 fully saturated rings. The van der Waals surface area contributed by atoms with Crippen LogP contribution in [0.15, 0.2) is 36.0 Å². The van der Waals surface area contributed by atoms with Crippen molar-refractivity contribution in [3.8, 4) is 17.3 Å². The summed E-state index contributed by atoms with van der Waals surface area (Å²) < 4.78 is 46.0. The van der Waals surface area contributed by atoms with Crippen LogP contribution in [0.2, 0.25) is 0 Å². The zero-order valence-electron chi connectivity index (χ0n) is 18.4. The molecule has 1 aromatic carbocycles. The number of nitrogens with zero attached hydrogens (tertiary/aromatic N) is 3. The molecule has 0 unspecified atom stereocenters. The molecule has 0 aliphatic rings. The van der Waals surface area contributed by atoms with E-state index in [0.29, 0.717) is 29.7 Å². The van der Waals surface area contributed by atoms with Gasteiger partial charge in [-0.2, -0.15) is 13.2 Å². The normalized spacial score (nSPS) is 11.7. The average molecular weight is 464 g/mol. The SMILES string of the molecule is CCCCCCCCc1ccc(Cc2nc(-c3cnc(OC)nc3)cs2)cc1C(F)(F)F. The summed E-state index contributed by atoms with van der Waals surface area (Å²) in [5.41, 5.74) is 1.90. The van der Waals surface area contributed by atoms with Crippen molar-refractivity contribution in [3.05, 3.63) is 57.7 Å². The van der Waals surface area contributed by atoms with E-state index in [1.165, 1.54) is 30.9 Å². The van der Waals surface area contributed by atoms with Crippen LogP contribution in [0.5, 0.6) is 6.01 Å². The maximum atomic E-state index is 13.7. The number of unbranched alkanes of at least 4 members (excludes halogenated alkanes) is 5. The van der Waals surface area contributed by atoms with Crippen LogP contribution in [0.25, 0.3) is 11.3 Å². The van der Waals surface area contributed by atoms with Crippen LogP contribution in [-0.2, 0) is 19.0 Å². The van der Waals surface area contributed by atoms with Crippen molar-refractivity contribution in [2.75, 3.05) is 7.11 Å². The number of thiazole rings is 1. The monoisotopic (exact) mass is 463 g/mol. The maximum absolute atomic E-state index is 13.7. The van der Waals surface area contributed by atoms with Crippen molar-refractivity contribution < 1.29 is 17.9 Å². The van der Waals surface area contributed by atoms with Crippen LogP contribution < -0.4 is 4.74 Å². The molecule has 32 heavy (non-hydrogen) atoms. The molecule has 172 valence electrons. The Morgan fingerprint density at radius 2 is 1.72 bits per heavy atom. The molecule has 0 saturated carbocycles. The predicted molar refractivity (Wildman–Crippen MR) is 121 cm³/mol. The Kier molecular flexibility index (Phi) is 8.61. The molecular weight excluding hydrogens is 435 g/mol. The minimum atomic E-state index is -4.36. The van der Waals surface area contributed by atoms with Gasteiger partial charge in [0.25, 0.3) is 0 Å². The molecule has 0 bridgehead atoms. The number of hydrogen-bond acceptors (Lipinski definition) is 5. The first-order valence-electron chi connectivity index (χ1n) is 10.9. The molecular formula is C24H28F3N3OS. The van der Waals surface area contributed by atoms with E-state index >= 15 is 0 Å². The number of methoxy groups -OCH3 is 1. The van der Waals surface area contributed by atoms with Crippen molar-refractivity contribution in [1.29, 1.82) is 0 Å². The standard InChI is InChI=1S/C24H28F3N3OS/c1-3-4-5-6-7-8-9-18-11-10-17(12-20(18)24(25,26)27)13-22-30-21(16-32-22)19-14-28-23(31-2)29-15-19/h10-12,14-16H,3-9,13H2,1-2H3. The van der Waals surface area contributed by atoms with Crippen LogP contribution in [0, 0.1) is 0 Å². The molecule has 0 atom stereocenters. The van der Waals surface area contributed by atoms with Gasteiger partial charge in [0.2, 0.25) is 0 Å². The Balaban J connectivity index is 1.68. The molecule has 0 N–H and O–H groups in total. The number of hydrogen-bond donors (Lipinski definition) is 0. The number of rotatable bonds is 11. The summed E-state index contributed by atoms with van der Waals surface area (Å²) in [6.45, 7) is 2.15. The second-order valence-electron chi connectivity index (χ2n) is 7.77. The van der Waals surface area contributed by atoms with Crippen molar-refractivity contribution in [2.45, 2.75) is 64.5 Å². The van der Waals surface area contributed by atoms with E-state index < -0.39 is 11.7 Å². The van der Waals surface area contributed by atoms with Gasteiger partial charge >= 0.3 is 12.2 Å². The van der Waals surface area contributed by atoms with Gasteiger partial charge < -0.3 is 4.74 Å².